The fraction of sp³-hybridized carbons (Fsp3) is 0.923. The molecule has 0 aromatic carbocycles. The monoisotopic (exact) mass is 304 g/mol. The summed E-state index contributed by atoms with van der Waals surface area (Å²) in [6.45, 7) is 5.67. The maximum absolute atomic E-state index is 12.7. The third kappa shape index (κ3) is 3.15. The first kappa shape index (κ1) is 15.7. The van der Waals surface area contributed by atoms with Gasteiger partial charge in [0.05, 0.1) is 6.61 Å². The Morgan fingerprint density at radius 2 is 1.85 bits per heavy atom. The molecule has 1 unspecified atom stereocenters. The number of ether oxygens (including phenoxy) is 1. The van der Waals surface area contributed by atoms with Crippen LogP contribution in [0, 0.1) is 5.92 Å². The molecule has 0 spiro atoms. The fourth-order valence-electron chi connectivity index (χ4n) is 2.85. The van der Waals surface area contributed by atoms with Crippen LogP contribution in [0.25, 0.3) is 0 Å². The van der Waals surface area contributed by atoms with Gasteiger partial charge >= 0.3 is 5.97 Å². The van der Waals surface area contributed by atoms with Crippen LogP contribution in [0.15, 0.2) is 0 Å². The Hall–Kier alpha value is -0.660. The van der Waals surface area contributed by atoms with Crippen molar-refractivity contribution in [3.05, 3.63) is 0 Å². The third-order valence-electron chi connectivity index (χ3n) is 4.13. The van der Waals surface area contributed by atoms with E-state index in [1.165, 1.54) is 8.61 Å². The lowest BCUT2D eigenvalue weighted by molar-refractivity contribution is -0.146. The van der Waals surface area contributed by atoms with Crippen molar-refractivity contribution in [2.75, 3.05) is 26.2 Å². The average Bonchev–Trinajstić information content (AvgIpc) is 2.89. The average molecular weight is 304 g/mol. The molecule has 0 aromatic heterocycles. The molecule has 0 N–H and O–H groups in total. The lowest BCUT2D eigenvalue weighted by Gasteiger charge is -2.34. The molecule has 20 heavy (non-hydrogen) atoms. The highest BCUT2D eigenvalue weighted by Crippen LogP contribution is 2.27. The number of esters is 1. The highest BCUT2D eigenvalue weighted by molar-refractivity contribution is 7.86. The Morgan fingerprint density at radius 1 is 1.20 bits per heavy atom. The van der Waals surface area contributed by atoms with Crippen molar-refractivity contribution < 1.29 is 17.9 Å². The first-order valence-corrected chi connectivity index (χ1v) is 8.80. The molecule has 1 atom stereocenters. The van der Waals surface area contributed by atoms with Crippen LogP contribution in [0.5, 0.6) is 0 Å². The molecule has 2 aliphatic rings. The SMILES string of the molecule is CCOC(=O)C1CCCN1S(=O)(=O)N1CCC(C)CC1. The topological polar surface area (TPSA) is 66.9 Å². The number of nitrogens with zero attached hydrogens (tertiary/aromatic N) is 2. The summed E-state index contributed by atoms with van der Waals surface area (Å²) >= 11 is 0. The van der Waals surface area contributed by atoms with Crippen LogP contribution < -0.4 is 0 Å². The van der Waals surface area contributed by atoms with Crippen molar-refractivity contribution in [2.45, 2.75) is 45.6 Å². The molecular formula is C13H24N2O4S. The van der Waals surface area contributed by atoms with E-state index in [1.807, 2.05) is 0 Å². The summed E-state index contributed by atoms with van der Waals surface area (Å²) in [5.74, 6) is 0.153. The maximum atomic E-state index is 12.7. The second kappa shape index (κ2) is 6.41. The van der Waals surface area contributed by atoms with E-state index in [-0.39, 0.29) is 6.61 Å². The van der Waals surface area contributed by atoms with E-state index in [0.29, 0.717) is 38.4 Å². The highest BCUT2D eigenvalue weighted by Gasteiger charge is 2.42. The second-order valence-corrected chi connectivity index (χ2v) is 7.49. The molecule has 0 aliphatic carbocycles. The standard InChI is InChI=1S/C13H24N2O4S/c1-3-19-13(16)12-5-4-8-15(12)20(17,18)14-9-6-11(2)7-10-14/h11-12H,3-10H2,1-2H3. The molecule has 116 valence electrons. The number of carbonyl (C=O) groups excluding carboxylic acids is 1. The first-order valence-electron chi connectivity index (χ1n) is 7.40. The van der Waals surface area contributed by atoms with Crippen molar-refractivity contribution >= 4 is 16.2 Å². The Labute approximate surface area is 121 Å². The number of carbonyl (C=O) groups is 1. The molecule has 2 fully saturated rings. The number of rotatable bonds is 4. The van der Waals surface area contributed by atoms with Crippen molar-refractivity contribution in [1.29, 1.82) is 0 Å². The Bertz CT molecular complexity index is 443. The van der Waals surface area contributed by atoms with E-state index in [9.17, 15) is 13.2 Å². The van der Waals surface area contributed by atoms with Crippen molar-refractivity contribution in [3.8, 4) is 0 Å². The van der Waals surface area contributed by atoms with Crippen molar-refractivity contribution in [3.63, 3.8) is 0 Å². The van der Waals surface area contributed by atoms with Crippen LogP contribution in [-0.2, 0) is 19.7 Å². The van der Waals surface area contributed by atoms with E-state index in [4.69, 9.17) is 4.74 Å². The number of hydrogen-bond acceptors (Lipinski definition) is 4. The van der Waals surface area contributed by atoms with Gasteiger partial charge in [0.15, 0.2) is 0 Å². The van der Waals surface area contributed by atoms with Crippen LogP contribution in [0.3, 0.4) is 0 Å². The molecule has 0 aromatic rings. The molecule has 0 bridgehead atoms. The van der Waals surface area contributed by atoms with Gasteiger partial charge in [0.2, 0.25) is 0 Å². The normalized spacial score (nSPS) is 26.8. The Kier molecular flexibility index (Phi) is 5.04. The fourth-order valence-corrected chi connectivity index (χ4v) is 4.70. The number of piperidine rings is 1. The summed E-state index contributed by atoms with van der Waals surface area (Å²) in [5.41, 5.74) is 0. The Morgan fingerprint density at radius 3 is 2.45 bits per heavy atom. The second-order valence-electron chi connectivity index (χ2n) is 5.61. The molecule has 7 heteroatoms. The minimum absolute atomic E-state index is 0.282. The zero-order chi connectivity index (χ0) is 14.8. The smallest absolute Gasteiger partial charge is 0.324 e. The molecule has 2 heterocycles. The number of hydrogen-bond donors (Lipinski definition) is 0. The Balaban J connectivity index is 2.09. The van der Waals surface area contributed by atoms with Gasteiger partial charge in [0.25, 0.3) is 10.2 Å². The van der Waals surface area contributed by atoms with E-state index in [0.717, 1.165) is 12.8 Å². The highest BCUT2D eigenvalue weighted by atomic mass is 32.2. The summed E-state index contributed by atoms with van der Waals surface area (Å²) in [7, 11) is -3.53. The van der Waals surface area contributed by atoms with Gasteiger partial charge in [0, 0.05) is 19.6 Å². The minimum Gasteiger partial charge on any atom is -0.465 e. The molecule has 0 saturated carbocycles. The van der Waals surface area contributed by atoms with E-state index < -0.39 is 22.2 Å². The lowest BCUT2D eigenvalue weighted by Crippen LogP contribution is -2.50. The molecule has 2 saturated heterocycles. The quantitative estimate of drug-likeness (QED) is 0.727. The van der Waals surface area contributed by atoms with Gasteiger partial charge in [-0.25, -0.2) is 0 Å². The molecule has 6 nitrogen and oxygen atoms in total. The first-order chi connectivity index (χ1) is 9.46. The predicted octanol–water partition coefficient (Wildman–Crippen LogP) is 0.991. The van der Waals surface area contributed by atoms with Gasteiger partial charge in [-0.05, 0) is 38.5 Å². The predicted molar refractivity (Wildman–Crippen MR) is 75.3 cm³/mol. The van der Waals surface area contributed by atoms with E-state index in [1.54, 1.807) is 6.92 Å². The van der Waals surface area contributed by atoms with Gasteiger partial charge in [-0.2, -0.15) is 17.0 Å². The summed E-state index contributed by atoms with van der Waals surface area (Å²) in [6, 6.07) is -0.640. The third-order valence-corrected chi connectivity index (χ3v) is 6.18. The molecule has 2 aliphatic heterocycles. The molecule has 0 amide bonds. The summed E-state index contributed by atoms with van der Waals surface area (Å²) < 4.78 is 33.2. The van der Waals surface area contributed by atoms with Gasteiger partial charge in [-0.15, -0.1) is 0 Å². The van der Waals surface area contributed by atoms with Crippen LogP contribution in [0.2, 0.25) is 0 Å². The minimum atomic E-state index is -3.53. The van der Waals surface area contributed by atoms with Crippen LogP contribution in [0.1, 0.15) is 39.5 Å². The van der Waals surface area contributed by atoms with E-state index in [2.05, 4.69) is 6.92 Å². The zero-order valence-corrected chi connectivity index (χ0v) is 13.1. The summed E-state index contributed by atoms with van der Waals surface area (Å²) in [4.78, 5) is 11.9. The van der Waals surface area contributed by atoms with Gasteiger partial charge < -0.3 is 4.74 Å². The lowest BCUT2D eigenvalue weighted by atomic mass is 10.0. The van der Waals surface area contributed by atoms with Gasteiger partial charge in [-0.3, -0.25) is 4.79 Å². The van der Waals surface area contributed by atoms with Crippen LogP contribution in [0.4, 0.5) is 0 Å². The van der Waals surface area contributed by atoms with Gasteiger partial charge in [-0.1, -0.05) is 6.92 Å². The maximum Gasteiger partial charge on any atom is 0.324 e. The van der Waals surface area contributed by atoms with Crippen molar-refractivity contribution in [2.24, 2.45) is 5.92 Å². The largest absolute Gasteiger partial charge is 0.465 e. The van der Waals surface area contributed by atoms with Gasteiger partial charge in [0.1, 0.15) is 6.04 Å². The molecule has 0 radical (unpaired) electrons. The summed E-state index contributed by atoms with van der Waals surface area (Å²) in [6.07, 6.45) is 3.05. The molecular weight excluding hydrogens is 280 g/mol. The van der Waals surface area contributed by atoms with Crippen LogP contribution in [-0.4, -0.2) is 55.3 Å². The van der Waals surface area contributed by atoms with E-state index >= 15 is 0 Å². The summed E-state index contributed by atoms with van der Waals surface area (Å²) in [5, 5.41) is 0. The van der Waals surface area contributed by atoms with Crippen molar-refractivity contribution in [1.82, 2.24) is 8.61 Å². The van der Waals surface area contributed by atoms with Crippen LogP contribution >= 0.6 is 0 Å². The molecule has 2 rings (SSSR count). The zero-order valence-electron chi connectivity index (χ0n) is 12.2.